The van der Waals surface area contributed by atoms with Gasteiger partial charge in [-0.2, -0.15) is 0 Å². The summed E-state index contributed by atoms with van der Waals surface area (Å²) in [4.78, 5) is -0.507. The Morgan fingerprint density at radius 2 is 1.59 bits per heavy atom. The highest BCUT2D eigenvalue weighted by Gasteiger charge is 2.19. The zero-order chi connectivity index (χ0) is 21.0. The van der Waals surface area contributed by atoms with Crippen LogP contribution in [0.4, 0.5) is 10.1 Å². The standard InChI is InChI=1S/C20H17FN2O4S2/c21-18-10-11-20(29(22,26)27)19(14-18)23(28(24)25)13-12-15-6-8-17(9-7-15)16-4-2-1-3-5-16/h1-14H,(H,24,25)(H2,22,26,27)/p-1. The number of anilines is 1. The maximum atomic E-state index is 13.6. The van der Waals surface area contributed by atoms with Crippen LogP contribution in [0.1, 0.15) is 5.56 Å². The molecular weight excluding hydrogens is 415 g/mol. The van der Waals surface area contributed by atoms with Crippen molar-refractivity contribution in [1.82, 2.24) is 0 Å². The first-order valence-electron chi connectivity index (χ1n) is 8.30. The van der Waals surface area contributed by atoms with Crippen LogP contribution in [-0.4, -0.2) is 17.2 Å². The van der Waals surface area contributed by atoms with Crippen molar-refractivity contribution in [1.29, 1.82) is 0 Å². The third kappa shape index (κ3) is 5.15. The lowest BCUT2D eigenvalue weighted by Gasteiger charge is -2.24. The van der Waals surface area contributed by atoms with Gasteiger partial charge in [0, 0.05) is 6.20 Å². The molecule has 0 aliphatic heterocycles. The molecule has 150 valence electrons. The van der Waals surface area contributed by atoms with Gasteiger partial charge >= 0.3 is 0 Å². The van der Waals surface area contributed by atoms with Crippen LogP contribution in [0.15, 0.2) is 83.9 Å². The van der Waals surface area contributed by atoms with Crippen molar-refractivity contribution in [3.05, 3.63) is 90.4 Å². The molecule has 0 aromatic heterocycles. The number of sulfonamides is 1. The molecule has 0 fully saturated rings. The largest absolute Gasteiger partial charge is 0.755 e. The molecule has 0 aliphatic rings. The Kier molecular flexibility index (Phi) is 6.23. The van der Waals surface area contributed by atoms with Gasteiger partial charge in [0.1, 0.15) is 10.7 Å². The first kappa shape index (κ1) is 20.9. The zero-order valence-corrected chi connectivity index (χ0v) is 16.6. The number of nitrogens with two attached hydrogens (primary N) is 1. The molecule has 0 bridgehead atoms. The van der Waals surface area contributed by atoms with E-state index >= 15 is 0 Å². The first-order valence-corrected chi connectivity index (χ1v) is 10.9. The molecule has 1 atom stereocenters. The Morgan fingerprint density at radius 3 is 2.17 bits per heavy atom. The van der Waals surface area contributed by atoms with Crippen molar-refractivity contribution in [2.75, 3.05) is 4.31 Å². The van der Waals surface area contributed by atoms with Crippen LogP contribution in [-0.2, 0) is 21.3 Å². The number of halogens is 1. The van der Waals surface area contributed by atoms with E-state index in [9.17, 15) is 21.6 Å². The summed E-state index contributed by atoms with van der Waals surface area (Å²) in [6.45, 7) is 0. The lowest BCUT2D eigenvalue weighted by atomic mass is 10.0. The van der Waals surface area contributed by atoms with E-state index in [0.29, 0.717) is 9.87 Å². The number of nitrogens with zero attached hydrogens (tertiary/aromatic N) is 1. The number of rotatable bonds is 6. The minimum absolute atomic E-state index is 0.405. The van der Waals surface area contributed by atoms with Gasteiger partial charge < -0.3 is 4.55 Å². The molecule has 1 unspecified atom stereocenters. The van der Waals surface area contributed by atoms with Crippen LogP contribution in [0.25, 0.3) is 17.2 Å². The molecule has 0 heterocycles. The van der Waals surface area contributed by atoms with E-state index in [4.69, 9.17) is 5.14 Å². The van der Waals surface area contributed by atoms with Crippen molar-refractivity contribution in [3.63, 3.8) is 0 Å². The molecule has 0 amide bonds. The first-order chi connectivity index (χ1) is 13.8. The Hall–Kier alpha value is -2.85. The SMILES string of the molecule is NS(=O)(=O)c1ccc(F)cc1N(C=Cc1ccc(-c2ccccc2)cc1)S(=O)[O-]. The molecule has 0 spiro atoms. The Bertz CT molecular complexity index is 1160. The highest BCUT2D eigenvalue weighted by Crippen LogP contribution is 2.27. The summed E-state index contributed by atoms with van der Waals surface area (Å²) in [5.41, 5.74) is 2.27. The van der Waals surface area contributed by atoms with E-state index in [1.807, 2.05) is 42.5 Å². The maximum Gasteiger partial charge on any atom is 0.240 e. The van der Waals surface area contributed by atoms with Crippen LogP contribution in [0, 0.1) is 5.82 Å². The summed E-state index contributed by atoms with van der Waals surface area (Å²) in [5, 5.41) is 5.12. The predicted octanol–water partition coefficient (Wildman–Crippen LogP) is 3.41. The van der Waals surface area contributed by atoms with Gasteiger partial charge in [-0.25, -0.2) is 17.9 Å². The fraction of sp³-hybridized carbons (Fsp3) is 0. The van der Waals surface area contributed by atoms with Gasteiger partial charge in [0.15, 0.2) is 0 Å². The molecule has 0 saturated heterocycles. The van der Waals surface area contributed by atoms with E-state index in [0.717, 1.165) is 35.5 Å². The quantitative estimate of drug-likeness (QED) is 0.604. The van der Waals surface area contributed by atoms with Gasteiger partial charge in [0.05, 0.1) is 17.0 Å². The van der Waals surface area contributed by atoms with Crippen molar-refractivity contribution >= 4 is 33.1 Å². The summed E-state index contributed by atoms with van der Waals surface area (Å²) in [6.07, 6.45) is 2.59. The fourth-order valence-corrected chi connectivity index (χ4v) is 3.92. The van der Waals surface area contributed by atoms with Crippen molar-refractivity contribution < 1.29 is 21.6 Å². The van der Waals surface area contributed by atoms with Gasteiger partial charge in [-0.3, -0.25) is 8.51 Å². The maximum absolute atomic E-state index is 13.6. The monoisotopic (exact) mass is 431 g/mol. The predicted molar refractivity (Wildman–Crippen MR) is 110 cm³/mol. The number of hydrogen-bond donors (Lipinski definition) is 1. The lowest BCUT2D eigenvalue weighted by molar-refractivity contribution is 0.536. The Labute approximate surface area is 170 Å². The van der Waals surface area contributed by atoms with Gasteiger partial charge in [0.25, 0.3) is 0 Å². The van der Waals surface area contributed by atoms with Gasteiger partial charge in [-0.05, 0) is 41.0 Å². The van der Waals surface area contributed by atoms with Gasteiger partial charge in [-0.1, -0.05) is 54.6 Å². The summed E-state index contributed by atoms with van der Waals surface area (Å²) < 4.78 is 61.1. The van der Waals surface area contributed by atoms with Crippen molar-refractivity contribution in [3.8, 4) is 11.1 Å². The third-order valence-electron chi connectivity index (χ3n) is 4.05. The van der Waals surface area contributed by atoms with E-state index in [1.165, 1.54) is 6.08 Å². The molecule has 3 aromatic carbocycles. The van der Waals surface area contributed by atoms with Crippen LogP contribution in [0.2, 0.25) is 0 Å². The average Bonchev–Trinajstić information content (AvgIpc) is 2.68. The zero-order valence-electron chi connectivity index (χ0n) is 14.9. The van der Waals surface area contributed by atoms with Crippen LogP contribution in [0.5, 0.6) is 0 Å². The molecule has 2 N–H and O–H groups in total. The molecule has 9 heteroatoms. The van der Waals surface area contributed by atoms with E-state index in [-0.39, 0.29) is 0 Å². The molecule has 0 saturated carbocycles. The van der Waals surface area contributed by atoms with Crippen molar-refractivity contribution in [2.24, 2.45) is 5.14 Å². The molecule has 3 aromatic rings. The second-order valence-electron chi connectivity index (χ2n) is 6.00. The molecule has 6 nitrogen and oxygen atoms in total. The smallest absolute Gasteiger partial charge is 0.240 e. The Morgan fingerprint density at radius 1 is 0.966 bits per heavy atom. The van der Waals surface area contributed by atoms with Gasteiger partial charge in [-0.15, -0.1) is 0 Å². The minimum atomic E-state index is -4.26. The highest BCUT2D eigenvalue weighted by atomic mass is 32.2. The number of primary sulfonamides is 1. The molecule has 3 rings (SSSR count). The van der Waals surface area contributed by atoms with E-state index in [2.05, 4.69) is 0 Å². The van der Waals surface area contributed by atoms with Gasteiger partial charge in [0.2, 0.25) is 10.0 Å². The second-order valence-corrected chi connectivity index (χ2v) is 8.36. The summed E-state index contributed by atoms with van der Waals surface area (Å²) >= 11 is -2.91. The molecule has 0 aliphatic carbocycles. The number of benzene rings is 3. The van der Waals surface area contributed by atoms with Crippen LogP contribution >= 0.6 is 0 Å². The average molecular weight is 431 g/mol. The Balaban J connectivity index is 1.94. The van der Waals surface area contributed by atoms with E-state index in [1.54, 1.807) is 12.1 Å². The molecule has 29 heavy (non-hydrogen) atoms. The van der Waals surface area contributed by atoms with Crippen LogP contribution < -0.4 is 9.44 Å². The number of hydrogen-bond acceptors (Lipinski definition) is 4. The minimum Gasteiger partial charge on any atom is -0.755 e. The second kappa shape index (κ2) is 8.66. The van der Waals surface area contributed by atoms with Crippen LogP contribution in [0.3, 0.4) is 0 Å². The lowest BCUT2D eigenvalue weighted by Crippen LogP contribution is -2.23. The highest BCUT2D eigenvalue weighted by molar-refractivity contribution is 7.89. The fourth-order valence-electron chi connectivity index (χ4n) is 2.68. The molecular formula is C20H16FN2O4S2-. The molecule has 0 radical (unpaired) electrons. The van der Waals surface area contributed by atoms with E-state index < -0.39 is 37.7 Å². The topological polar surface area (TPSA) is 104 Å². The van der Waals surface area contributed by atoms with Crippen molar-refractivity contribution in [2.45, 2.75) is 4.90 Å². The summed E-state index contributed by atoms with van der Waals surface area (Å²) in [7, 11) is -4.26. The summed E-state index contributed by atoms with van der Waals surface area (Å²) in [5.74, 6) is -0.802. The normalized spacial score (nSPS) is 12.8. The summed E-state index contributed by atoms with van der Waals surface area (Å²) in [6, 6.07) is 19.6. The third-order valence-corrected chi connectivity index (χ3v) is 5.64.